The monoisotopic (exact) mass is 578 g/mol. The predicted molar refractivity (Wildman–Crippen MR) is 171 cm³/mol. The van der Waals surface area contributed by atoms with Crippen LogP contribution in [0.1, 0.15) is 61.5 Å². The van der Waals surface area contributed by atoms with Crippen LogP contribution in [-0.2, 0) is 32.5 Å². The Morgan fingerprint density at radius 3 is 2.58 bits per heavy atom. The van der Waals surface area contributed by atoms with E-state index < -0.39 is 0 Å². The summed E-state index contributed by atoms with van der Waals surface area (Å²) in [6.07, 6.45) is 7.81. The van der Waals surface area contributed by atoms with Gasteiger partial charge >= 0.3 is 6.01 Å². The van der Waals surface area contributed by atoms with Crippen LogP contribution in [0, 0.1) is 0 Å². The Balaban J connectivity index is 1.16. The van der Waals surface area contributed by atoms with Gasteiger partial charge in [0.1, 0.15) is 18.2 Å². The minimum absolute atomic E-state index is 0.150. The van der Waals surface area contributed by atoms with E-state index in [0.29, 0.717) is 18.4 Å². The molecule has 6 heterocycles. The number of benzene rings is 2. The fourth-order valence-electron chi connectivity index (χ4n) is 8.20. The lowest BCUT2D eigenvalue weighted by Crippen LogP contribution is -2.43. The predicted octanol–water partition coefficient (Wildman–Crippen LogP) is 4.95. The molecule has 0 amide bonds. The standard InChI is InChI=1S/C34H42N8O/c1-2-24-8-3-9-25-10-4-11-29(31(24)25)39-19-12-27-28(22-39)36-33(43-23-34-13-5-16-41(34)17-6-14-34)37-32(27)40-15-7-18-42-26(21-40)20-30(35)38-42/h3-4,8-11,20H,2,5-7,12-19,21-23H2,1H3,(H2,35,38). The number of rotatable bonds is 6. The molecular weight excluding hydrogens is 536 g/mol. The molecule has 4 aromatic rings. The normalized spacial score (nSPS) is 19.7. The number of nitrogen functional groups attached to an aromatic ring is 1. The van der Waals surface area contributed by atoms with Gasteiger partial charge in [0.25, 0.3) is 0 Å². The lowest BCUT2D eigenvalue weighted by Gasteiger charge is -2.35. The van der Waals surface area contributed by atoms with Crippen molar-refractivity contribution < 1.29 is 4.74 Å². The summed E-state index contributed by atoms with van der Waals surface area (Å²) in [6.45, 7) is 9.47. The van der Waals surface area contributed by atoms with Crippen LogP contribution in [0.4, 0.5) is 17.3 Å². The lowest BCUT2D eigenvalue weighted by molar-refractivity contribution is 0.107. The highest BCUT2D eigenvalue weighted by Gasteiger charge is 2.45. The van der Waals surface area contributed by atoms with E-state index in [-0.39, 0.29) is 5.54 Å². The van der Waals surface area contributed by atoms with Gasteiger partial charge in [0.15, 0.2) is 0 Å². The molecule has 0 bridgehead atoms. The highest BCUT2D eigenvalue weighted by molar-refractivity contribution is 5.97. The van der Waals surface area contributed by atoms with E-state index in [1.54, 1.807) is 0 Å². The Morgan fingerprint density at radius 2 is 1.74 bits per heavy atom. The molecule has 4 aliphatic heterocycles. The summed E-state index contributed by atoms with van der Waals surface area (Å²) in [5.41, 5.74) is 12.4. The molecule has 9 heteroatoms. The Labute approximate surface area is 253 Å². The van der Waals surface area contributed by atoms with E-state index in [1.807, 2.05) is 6.07 Å². The first-order valence-electron chi connectivity index (χ1n) is 16.2. The number of ether oxygens (including phenoxy) is 1. The number of nitrogens with zero attached hydrogens (tertiary/aromatic N) is 7. The Bertz CT molecular complexity index is 1650. The minimum atomic E-state index is 0.150. The topological polar surface area (TPSA) is 88.6 Å². The van der Waals surface area contributed by atoms with Crippen molar-refractivity contribution in [3.63, 3.8) is 0 Å². The fraction of sp³-hybridized carbons (Fsp3) is 0.500. The maximum atomic E-state index is 6.60. The zero-order valence-electron chi connectivity index (χ0n) is 25.3. The quantitative estimate of drug-likeness (QED) is 0.344. The summed E-state index contributed by atoms with van der Waals surface area (Å²) in [5.74, 6) is 1.60. The summed E-state index contributed by atoms with van der Waals surface area (Å²) in [6, 6.07) is 15.9. The lowest BCUT2D eigenvalue weighted by atomic mass is 9.95. The molecule has 0 spiro atoms. The van der Waals surface area contributed by atoms with Gasteiger partial charge in [-0.15, -0.1) is 0 Å². The van der Waals surface area contributed by atoms with Gasteiger partial charge < -0.3 is 20.3 Å². The summed E-state index contributed by atoms with van der Waals surface area (Å²) >= 11 is 0. The molecule has 0 radical (unpaired) electrons. The molecule has 2 aromatic heterocycles. The third-order valence-electron chi connectivity index (χ3n) is 10.3. The number of aromatic nitrogens is 4. The van der Waals surface area contributed by atoms with Crippen molar-refractivity contribution in [1.29, 1.82) is 0 Å². The van der Waals surface area contributed by atoms with Gasteiger partial charge in [-0.3, -0.25) is 9.58 Å². The molecule has 0 saturated carbocycles. The number of nitrogens with two attached hydrogens (primary N) is 1. The summed E-state index contributed by atoms with van der Waals surface area (Å²) < 4.78 is 8.66. The van der Waals surface area contributed by atoms with Crippen LogP contribution >= 0.6 is 0 Å². The molecule has 2 saturated heterocycles. The molecule has 2 fully saturated rings. The van der Waals surface area contributed by atoms with E-state index in [0.717, 1.165) is 69.2 Å². The maximum absolute atomic E-state index is 6.60. The summed E-state index contributed by atoms with van der Waals surface area (Å²) in [5, 5.41) is 7.19. The van der Waals surface area contributed by atoms with Crippen LogP contribution in [0.25, 0.3) is 10.8 Å². The van der Waals surface area contributed by atoms with E-state index in [4.69, 9.17) is 20.4 Å². The van der Waals surface area contributed by atoms with Crippen LogP contribution in [0.2, 0.25) is 0 Å². The molecule has 0 unspecified atom stereocenters. The van der Waals surface area contributed by atoms with E-state index in [1.165, 1.54) is 66.4 Å². The van der Waals surface area contributed by atoms with Crippen LogP contribution in [0.3, 0.4) is 0 Å². The number of fused-ring (bicyclic) bond motifs is 4. The smallest absolute Gasteiger partial charge is 0.318 e. The Morgan fingerprint density at radius 1 is 0.907 bits per heavy atom. The first-order chi connectivity index (χ1) is 21.1. The van der Waals surface area contributed by atoms with Gasteiger partial charge in [-0.1, -0.05) is 37.3 Å². The second-order valence-corrected chi connectivity index (χ2v) is 12.8. The van der Waals surface area contributed by atoms with Crippen LogP contribution < -0.4 is 20.3 Å². The van der Waals surface area contributed by atoms with Crippen molar-refractivity contribution >= 4 is 28.1 Å². The number of hydrogen-bond acceptors (Lipinski definition) is 8. The van der Waals surface area contributed by atoms with Gasteiger partial charge in [-0.2, -0.15) is 15.1 Å². The molecule has 2 aromatic carbocycles. The second-order valence-electron chi connectivity index (χ2n) is 12.8. The van der Waals surface area contributed by atoms with E-state index in [2.05, 4.69) is 67.8 Å². The number of hydrogen-bond donors (Lipinski definition) is 1. The zero-order valence-corrected chi connectivity index (χ0v) is 25.3. The van der Waals surface area contributed by atoms with Crippen LogP contribution in [-0.4, -0.2) is 63.0 Å². The Kier molecular flexibility index (Phi) is 6.66. The van der Waals surface area contributed by atoms with Crippen molar-refractivity contribution in [2.45, 2.75) is 77.0 Å². The fourth-order valence-corrected chi connectivity index (χ4v) is 8.20. The SMILES string of the molecule is CCc1cccc2cccc(N3CCc4c(nc(OCC56CCCN5CCC6)nc4N4CCCn5nc(N)cc5C4)C3)c12. The molecular formula is C34H42N8O. The maximum Gasteiger partial charge on any atom is 0.318 e. The number of aryl methyl sites for hydroxylation is 2. The molecule has 43 heavy (non-hydrogen) atoms. The van der Waals surface area contributed by atoms with E-state index in [9.17, 15) is 0 Å². The molecule has 2 N–H and O–H groups in total. The number of anilines is 3. The van der Waals surface area contributed by atoms with Crippen molar-refractivity contribution in [3.05, 3.63) is 65.0 Å². The second kappa shape index (κ2) is 10.7. The molecule has 4 aliphatic rings. The van der Waals surface area contributed by atoms with E-state index >= 15 is 0 Å². The highest BCUT2D eigenvalue weighted by Crippen LogP contribution is 2.40. The first kappa shape index (κ1) is 26.8. The highest BCUT2D eigenvalue weighted by atomic mass is 16.5. The van der Waals surface area contributed by atoms with Crippen LogP contribution in [0.5, 0.6) is 6.01 Å². The van der Waals surface area contributed by atoms with Gasteiger partial charge in [0.2, 0.25) is 0 Å². The summed E-state index contributed by atoms with van der Waals surface area (Å²) in [4.78, 5) is 17.9. The zero-order chi connectivity index (χ0) is 29.0. The van der Waals surface area contributed by atoms with Gasteiger partial charge in [0.05, 0.1) is 30.0 Å². The average molecular weight is 579 g/mol. The molecule has 8 rings (SSSR count). The molecule has 224 valence electrons. The first-order valence-corrected chi connectivity index (χ1v) is 16.2. The summed E-state index contributed by atoms with van der Waals surface area (Å²) in [7, 11) is 0. The largest absolute Gasteiger partial charge is 0.461 e. The molecule has 0 aliphatic carbocycles. The third kappa shape index (κ3) is 4.69. The van der Waals surface area contributed by atoms with Crippen molar-refractivity contribution in [3.8, 4) is 6.01 Å². The molecule has 0 atom stereocenters. The van der Waals surface area contributed by atoms with Gasteiger partial charge in [-0.05, 0) is 75.1 Å². The average Bonchev–Trinajstić information content (AvgIpc) is 3.68. The molecule has 9 nitrogen and oxygen atoms in total. The van der Waals surface area contributed by atoms with Crippen molar-refractivity contribution in [1.82, 2.24) is 24.6 Å². The van der Waals surface area contributed by atoms with Crippen molar-refractivity contribution in [2.24, 2.45) is 0 Å². The van der Waals surface area contributed by atoms with Crippen molar-refractivity contribution in [2.75, 3.05) is 48.3 Å². The van der Waals surface area contributed by atoms with Crippen LogP contribution in [0.15, 0.2) is 42.5 Å². The van der Waals surface area contributed by atoms with Gasteiger partial charge in [-0.25, -0.2) is 0 Å². The Hall–Kier alpha value is -3.85. The third-order valence-corrected chi connectivity index (χ3v) is 10.3. The van der Waals surface area contributed by atoms with Gasteiger partial charge in [0, 0.05) is 42.3 Å². The minimum Gasteiger partial charge on any atom is -0.461 e.